The molecule has 8 nitrogen and oxygen atoms in total. The van der Waals surface area contributed by atoms with Crippen LogP contribution in [0.1, 0.15) is 43.5 Å². The van der Waals surface area contributed by atoms with E-state index in [2.05, 4.69) is 35.7 Å². The van der Waals surface area contributed by atoms with Gasteiger partial charge in [-0.3, -0.25) is 14.3 Å². The summed E-state index contributed by atoms with van der Waals surface area (Å²) in [5.74, 6) is 2.29. The summed E-state index contributed by atoms with van der Waals surface area (Å²) < 4.78 is 12.1. The summed E-state index contributed by atoms with van der Waals surface area (Å²) in [6.07, 6.45) is 8.91. The minimum absolute atomic E-state index is 0.0936. The van der Waals surface area contributed by atoms with Crippen LogP contribution < -0.4 is 20.1 Å². The van der Waals surface area contributed by atoms with Gasteiger partial charge in [0.15, 0.2) is 11.5 Å². The van der Waals surface area contributed by atoms with E-state index in [4.69, 9.17) is 9.47 Å². The third-order valence-corrected chi connectivity index (χ3v) is 7.15. The van der Waals surface area contributed by atoms with Crippen molar-refractivity contribution in [2.75, 3.05) is 18.7 Å². The molecule has 2 bridgehead atoms. The molecule has 4 aliphatic rings. The predicted octanol–water partition coefficient (Wildman–Crippen LogP) is 3.36. The van der Waals surface area contributed by atoms with Crippen molar-refractivity contribution in [3.8, 4) is 11.5 Å². The van der Waals surface area contributed by atoms with Crippen LogP contribution in [-0.2, 0) is 11.3 Å². The van der Waals surface area contributed by atoms with Crippen molar-refractivity contribution >= 4 is 17.5 Å². The zero-order chi connectivity index (χ0) is 22.3. The monoisotopic (exact) mass is 436 g/mol. The maximum atomic E-state index is 12.5. The molecule has 32 heavy (non-hydrogen) atoms. The van der Waals surface area contributed by atoms with E-state index in [0.717, 1.165) is 12.3 Å². The smallest absolute Gasteiger partial charge is 0.255 e. The SMILES string of the molecule is CC1(C)[C@H]2CC=C(CCNC(=O)Cn3cc(NC(=O)c4ccc5c(c4)OCO5)cn3)[C@@H]1C2. The predicted molar refractivity (Wildman–Crippen MR) is 118 cm³/mol. The largest absolute Gasteiger partial charge is 0.454 e. The van der Waals surface area contributed by atoms with Crippen LogP contribution in [0.25, 0.3) is 0 Å². The second kappa shape index (κ2) is 8.00. The number of nitrogens with one attached hydrogen (secondary N) is 2. The number of fused-ring (bicyclic) bond motifs is 2. The highest BCUT2D eigenvalue weighted by Gasteiger charge is 2.50. The lowest BCUT2D eigenvalue weighted by Crippen LogP contribution is -2.48. The standard InChI is InChI=1S/C24H28N4O4/c1-24(2)17-5-3-15(19(24)10-17)7-8-25-22(29)13-28-12-18(11-26-28)27-23(30)16-4-6-20-21(9-16)32-14-31-20/h3-4,6,9,11-12,17,19H,5,7-8,10,13-14H2,1-2H3,(H,25,29)(H,27,30)/t17-,19-/m0/s1. The number of amides is 2. The van der Waals surface area contributed by atoms with Crippen molar-refractivity contribution in [3.63, 3.8) is 0 Å². The first kappa shape index (κ1) is 20.6. The zero-order valence-electron chi connectivity index (χ0n) is 18.4. The van der Waals surface area contributed by atoms with E-state index in [1.165, 1.54) is 29.3 Å². The topological polar surface area (TPSA) is 94.5 Å². The Morgan fingerprint density at radius 3 is 2.91 bits per heavy atom. The maximum Gasteiger partial charge on any atom is 0.255 e. The van der Waals surface area contributed by atoms with E-state index < -0.39 is 0 Å². The minimum Gasteiger partial charge on any atom is -0.454 e. The van der Waals surface area contributed by atoms with Gasteiger partial charge >= 0.3 is 0 Å². The molecule has 2 aromatic rings. The molecule has 0 unspecified atom stereocenters. The molecule has 6 rings (SSSR count). The van der Waals surface area contributed by atoms with Crippen LogP contribution in [0.3, 0.4) is 0 Å². The summed E-state index contributed by atoms with van der Waals surface area (Å²) in [7, 11) is 0. The highest BCUT2D eigenvalue weighted by molar-refractivity contribution is 6.04. The fourth-order valence-electron chi connectivity index (χ4n) is 5.06. The van der Waals surface area contributed by atoms with Crippen LogP contribution in [0.4, 0.5) is 5.69 Å². The van der Waals surface area contributed by atoms with Crippen LogP contribution >= 0.6 is 0 Å². The molecular formula is C24H28N4O4. The van der Waals surface area contributed by atoms with Gasteiger partial charge in [-0.2, -0.15) is 5.10 Å². The molecule has 168 valence electrons. The van der Waals surface area contributed by atoms with E-state index in [1.54, 1.807) is 24.4 Å². The summed E-state index contributed by atoms with van der Waals surface area (Å²) >= 11 is 0. The van der Waals surface area contributed by atoms with Crippen molar-refractivity contribution in [2.24, 2.45) is 17.3 Å². The highest BCUT2D eigenvalue weighted by atomic mass is 16.7. The number of nitrogens with zero attached hydrogens (tertiary/aromatic N) is 2. The first-order valence-electron chi connectivity index (χ1n) is 11.1. The fraction of sp³-hybridized carbons (Fsp3) is 0.458. The number of hydrogen-bond donors (Lipinski definition) is 2. The molecule has 1 aliphatic heterocycles. The molecule has 3 aliphatic carbocycles. The van der Waals surface area contributed by atoms with Crippen LogP contribution in [0.5, 0.6) is 11.5 Å². The van der Waals surface area contributed by atoms with E-state index in [0.29, 0.717) is 40.6 Å². The molecular weight excluding hydrogens is 408 g/mol. The van der Waals surface area contributed by atoms with E-state index in [1.807, 2.05) is 0 Å². The molecule has 2 N–H and O–H groups in total. The molecule has 2 amide bonds. The van der Waals surface area contributed by atoms with E-state index >= 15 is 0 Å². The number of anilines is 1. The fourth-order valence-corrected chi connectivity index (χ4v) is 5.06. The highest BCUT2D eigenvalue weighted by Crippen LogP contribution is 2.59. The summed E-state index contributed by atoms with van der Waals surface area (Å²) in [5.41, 5.74) is 2.88. The van der Waals surface area contributed by atoms with Crippen molar-refractivity contribution < 1.29 is 19.1 Å². The first-order valence-corrected chi connectivity index (χ1v) is 11.1. The third-order valence-electron chi connectivity index (χ3n) is 7.15. The minimum atomic E-state index is -0.283. The Morgan fingerprint density at radius 2 is 2.09 bits per heavy atom. The van der Waals surface area contributed by atoms with Gasteiger partial charge in [-0.05, 0) is 54.7 Å². The number of hydrogen-bond acceptors (Lipinski definition) is 5. The normalized spacial score (nSPS) is 22.0. The van der Waals surface area contributed by atoms with Gasteiger partial charge in [0.05, 0.1) is 11.9 Å². The second-order valence-electron chi connectivity index (χ2n) is 9.37. The quantitative estimate of drug-likeness (QED) is 0.649. The van der Waals surface area contributed by atoms with Gasteiger partial charge in [0, 0.05) is 18.3 Å². The van der Waals surface area contributed by atoms with Crippen LogP contribution in [0.2, 0.25) is 0 Å². The van der Waals surface area contributed by atoms with Gasteiger partial charge in [0.1, 0.15) is 6.54 Å². The molecule has 1 aromatic heterocycles. The van der Waals surface area contributed by atoms with Crippen LogP contribution in [0, 0.1) is 17.3 Å². The first-order chi connectivity index (χ1) is 15.4. The van der Waals surface area contributed by atoms with Crippen molar-refractivity contribution in [1.82, 2.24) is 15.1 Å². The van der Waals surface area contributed by atoms with E-state index in [9.17, 15) is 9.59 Å². The number of benzene rings is 1. The Hall–Kier alpha value is -3.29. The summed E-state index contributed by atoms with van der Waals surface area (Å²) in [5, 5.41) is 9.96. The summed E-state index contributed by atoms with van der Waals surface area (Å²) in [6, 6.07) is 5.02. The van der Waals surface area contributed by atoms with Crippen molar-refractivity contribution in [2.45, 2.75) is 39.7 Å². The number of aromatic nitrogens is 2. The van der Waals surface area contributed by atoms with Crippen molar-refractivity contribution in [3.05, 3.63) is 47.8 Å². The molecule has 8 heteroatoms. The van der Waals surface area contributed by atoms with Gasteiger partial charge in [0.2, 0.25) is 12.7 Å². The lowest BCUT2D eigenvalue weighted by molar-refractivity contribution is -0.121. The lowest BCUT2D eigenvalue weighted by Gasteiger charge is -2.56. The Balaban J connectivity index is 1.09. The lowest BCUT2D eigenvalue weighted by atomic mass is 9.48. The van der Waals surface area contributed by atoms with Gasteiger partial charge in [-0.1, -0.05) is 25.5 Å². The molecule has 0 radical (unpaired) electrons. The van der Waals surface area contributed by atoms with Gasteiger partial charge in [0.25, 0.3) is 5.91 Å². The summed E-state index contributed by atoms with van der Waals surface area (Å²) in [4.78, 5) is 24.8. The number of carbonyl (C=O) groups is 2. The molecule has 0 saturated heterocycles. The van der Waals surface area contributed by atoms with Gasteiger partial charge in [-0.25, -0.2) is 0 Å². The molecule has 0 spiro atoms. The number of rotatable bonds is 7. The second-order valence-corrected chi connectivity index (χ2v) is 9.37. The van der Waals surface area contributed by atoms with Gasteiger partial charge in [-0.15, -0.1) is 0 Å². The molecule has 1 aromatic carbocycles. The Kier molecular flexibility index (Phi) is 5.15. The van der Waals surface area contributed by atoms with Crippen LogP contribution in [-0.4, -0.2) is 34.9 Å². The molecule has 2 atom stereocenters. The zero-order valence-corrected chi connectivity index (χ0v) is 18.4. The Morgan fingerprint density at radius 1 is 1.25 bits per heavy atom. The number of carbonyl (C=O) groups excluding carboxylic acids is 2. The average molecular weight is 437 g/mol. The van der Waals surface area contributed by atoms with Crippen LogP contribution in [0.15, 0.2) is 42.2 Å². The van der Waals surface area contributed by atoms with E-state index in [-0.39, 0.29) is 25.2 Å². The number of allylic oxidation sites excluding steroid dienone is 1. The maximum absolute atomic E-state index is 12.5. The third kappa shape index (κ3) is 3.85. The van der Waals surface area contributed by atoms with Crippen molar-refractivity contribution in [1.29, 1.82) is 0 Å². The summed E-state index contributed by atoms with van der Waals surface area (Å²) in [6.45, 7) is 5.62. The van der Waals surface area contributed by atoms with Gasteiger partial charge < -0.3 is 20.1 Å². The Bertz CT molecular complexity index is 1090. The number of ether oxygens (including phenoxy) is 2. The molecule has 1 saturated carbocycles. The molecule has 2 heterocycles. The Labute approximate surface area is 187 Å². The average Bonchev–Trinajstić information content (AvgIpc) is 3.42. The molecule has 1 fully saturated rings.